The van der Waals surface area contributed by atoms with Crippen molar-refractivity contribution in [1.29, 1.82) is 0 Å². The Kier molecular flexibility index (Phi) is 37.5. The van der Waals surface area contributed by atoms with Gasteiger partial charge < -0.3 is 5.32 Å². The molecule has 2 heteroatoms. The maximum Gasteiger partial charge on any atom is 0.243 e. The standard InChI is InChI=1S/C40H79NO/c1-3-5-7-9-11-13-15-17-19-21-22-23-24-26-28-30-32-34-36-38-40(42)41-39-37-35-33-31-29-27-25-20-18-16-14-12-10-8-6-4-2/h36,38H,3-35,37,39H2,1-2H3,(H,41,42). The molecule has 0 aromatic heterocycles. The molecule has 0 spiro atoms. The van der Waals surface area contributed by atoms with Crippen LogP contribution < -0.4 is 5.32 Å². The van der Waals surface area contributed by atoms with Gasteiger partial charge in [-0.15, -0.1) is 0 Å². The van der Waals surface area contributed by atoms with Gasteiger partial charge in [-0.05, 0) is 25.3 Å². The first-order valence-corrected chi connectivity index (χ1v) is 19.8. The lowest BCUT2D eigenvalue weighted by molar-refractivity contribution is -0.116. The van der Waals surface area contributed by atoms with Crippen molar-refractivity contribution in [3.63, 3.8) is 0 Å². The Morgan fingerprint density at radius 1 is 0.381 bits per heavy atom. The van der Waals surface area contributed by atoms with E-state index in [9.17, 15) is 4.79 Å². The fraction of sp³-hybridized carbons (Fsp3) is 0.925. The zero-order valence-corrected chi connectivity index (χ0v) is 29.3. The van der Waals surface area contributed by atoms with Gasteiger partial charge in [0.15, 0.2) is 0 Å². The number of allylic oxidation sites excluding steroid dienone is 1. The van der Waals surface area contributed by atoms with Crippen molar-refractivity contribution in [3.05, 3.63) is 12.2 Å². The summed E-state index contributed by atoms with van der Waals surface area (Å²) in [6, 6.07) is 0. The van der Waals surface area contributed by atoms with Crippen molar-refractivity contribution < 1.29 is 4.79 Å². The first-order valence-electron chi connectivity index (χ1n) is 19.8. The summed E-state index contributed by atoms with van der Waals surface area (Å²) in [4.78, 5) is 12.0. The minimum absolute atomic E-state index is 0.0999. The Bertz CT molecular complexity index is 528. The molecule has 0 aliphatic heterocycles. The molecule has 0 aliphatic carbocycles. The lowest BCUT2D eigenvalue weighted by Crippen LogP contribution is -2.21. The van der Waals surface area contributed by atoms with E-state index in [1.807, 2.05) is 0 Å². The molecule has 0 aromatic carbocycles. The van der Waals surface area contributed by atoms with Crippen molar-refractivity contribution >= 4 is 5.91 Å². The molecular formula is C40H79NO. The first kappa shape index (κ1) is 41.2. The van der Waals surface area contributed by atoms with Crippen LogP contribution in [0, 0.1) is 0 Å². The second-order valence-electron chi connectivity index (χ2n) is 13.4. The minimum atomic E-state index is 0.0999. The molecule has 0 saturated heterocycles. The van der Waals surface area contributed by atoms with Crippen LogP contribution in [0.15, 0.2) is 12.2 Å². The Hall–Kier alpha value is -0.790. The van der Waals surface area contributed by atoms with Gasteiger partial charge in [0.05, 0.1) is 0 Å². The second-order valence-corrected chi connectivity index (χ2v) is 13.4. The van der Waals surface area contributed by atoms with E-state index in [0.717, 1.165) is 19.4 Å². The number of unbranched alkanes of at least 4 members (excludes halogenated alkanes) is 32. The highest BCUT2D eigenvalue weighted by Crippen LogP contribution is 2.15. The molecule has 0 aromatic rings. The zero-order chi connectivity index (χ0) is 30.4. The summed E-state index contributed by atoms with van der Waals surface area (Å²) >= 11 is 0. The molecule has 0 fully saturated rings. The largest absolute Gasteiger partial charge is 0.353 e. The molecule has 2 nitrogen and oxygen atoms in total. The molecular weight excluding hydrogens is 510 g/mol. The Morgan fingerprint density at radius 2 is 0.643 bits per heavy atom. The van der Waals surface area contributed by atoms with E-state index in [-0.39, 0.29) is 5.91 Å². The predicted molar refractivity (Wildman–Crippen MR) is 190 cm³/mol. The number of hydrogen-bond donors (Lipinski definition) is 1. The van der Waals surface area contributed by atoms with Crippen LogP contribution in [0.3, 0.4) is 0 Å². The average molecular weight is 590 g/mol. The van der Waals surface area contributed by atoms with Crippen molar-refractivity contribution in [2.24, 2.45) is 0 Å². The van der Waals surface area contributed by atoms with Gasteiger partial charge in [-0.1, -0.05) is 219 Å². The third-order valence-electron chi connectivity index (χ3n) is 9.07. The maximum atomic E-state index is 12.0. The first-order chi connectivity index (χ1) is 20.8. The Balaban J connectivity index is 3.20. The van der Waals surface area contributed by atoms with E-state index in [0.29, 0.717) is 0 Å². The van der Waals surface area contributed by atoms with Crippen LogP contribution in [-0.2, 0) is 4.79 Å². The van der Waals surface area contributed by atoms with Crippen molar-refractivity contribution in [2.75, 3.05) is 6.54 Å². The van der Waals surface area contributed by atoms with Crippen LogP contribution in [0.1, 0.15) is 232 Å². The lowest BCUT2D eigenvalue weighted by Gasteiger charge is -2.04. The van der Waals surface area contributed by atoms with Crippen molar-refractivity contribution in [1.82, 2.24) is 5.32 Å². The van der Waals surface area contributed by atoms with E-state index in [1.165, 1.54) is 205 Å². The number of carbonyl (C=O) groups excluding carboxylic acids is 1. The number of nitrogens with one attached hydrogen (secondary N) is 1. The van der Waals surface area contributed by atoms with E-state index >= 15 is 0 Å². The van der Waals surface area contributed by atoms with Crippen LogP contribution in [0.4, 0.5) is 0 Å². The third-order valence-corrected chi connectivity index (χ3v) is 9.07. The van der Waals surface area contributed by atoms with E-state index in [2.05, 4.69) is 25.2 Å². The molecule has 42 heavy (non-hydrogen) atoms. The maximum absolute atomic E-state index is 12.0. The normalized spacial score (nSPS) is 11.6. The molecule has 1 N–H and O–H groups in total. The summed E-state index contributed by atoms with van der Waals surface area (Å²) in [5.41, 5.74) is 0. The van der Waals surface area contributed by atoms with Crippen LogP contribution in [0.25, 0.3) is 0 Å². The Labute approximate surface area is 266 Å². The molecule has 0 rings (SSSR count). The quantitative estimate of drug-likeness (QED) is 0.0571. The SMILES string of the molecule is CCCCCCCCCCCCCCCCCCCC=CC(=O)NCCCCCCCCCCCCCCCCCC. The lowest BCUT2D eigenvalue weighted by atomic mass is 10.0. The number of hydrogen-bond acceptors (Lipinski definition) is 1. The summed E-state index contributed by atoms with van der Waals surface area (Å²) in [7, 11) is 0. The fourth-order valence-electron chi connectivity index (χ4n) is 6.12. The molecule has 0 atom stereocenters. The molecule has 1 amide bonds. The number of rotatable bonds is 36. The summed E-state index contributed by atoms with van der Waals surface area (Å²) in [6.45, 7) is 5.42. The van der Waals surface area contributed by atoms with Crippen LogP contribution in [0.5, 0.6) is 0 Å². The summed E-state index contributed by atoms with van der Waals surface area (Å²) in [5.74, 6) is 0.0999. The van der Waals surface area contributed by atoms with Crippen molar-refractivity contribution in [2.45, 2.75) is 232 Å². The average Bonchev–Trinajstić information content (AvgIpc) is 3.00. The van der Waals surface area contributed by atoms with Gasteiger partial charge in [0.25, 0.3) is 0 Å². The zero-order valence-electron chi connectivity index (χ0n) is 29.3. The fourth-order valence-corrected chi connectivity index (χ4v) is 6.12. The van der Waals surface area contributed by atoms with Crippen LogP contribution in [0.2, 0.25) is 0 Å². The highest BCUT2D eigenvalue weighted by atomic mass is 16.1. The number of carbonyl (C=O) groups is 1. The van der Waals surface area contributed by atoms with Gasteiger partial charge in [0.1, 0.15) is 0 Å². The van der Waals surface area contributed by atoms with Gasteiger partial charge in [-0.25, -0.2) is 0 Å². The molecule has 0 unspecified atom stereocenters. The highest BCUT2D eigenvalue weighted by Gasteiger charge is 1.98. The van der Waals surface area contributed by atoms with Crippen LogP contribution >= 0.6 is 0 Å². The topological polar surface area (TPSA) is 29.1 Å². The molecule has 250 valence electrons. The van der Waals surface area contributed by atoms with Gasteiger partial charge in [0.2, 0.25) is 5.91 Å². The van der Waals surface area contributed by atoms with Gasteiger partial charge >= 0.3 is 0 Å². The summed E-state index contributed by atoms with van der Waals surface area (Å²) < 4.78 is 0. The van der Waals surface area contributed by atoms with Gasteiger partial charge in [-0.2, -0.15) is 0 Å². The van der Waals surface area contributed by atoms with Crippen molar-refractivity contribution in [3.8, 4) is 0 Å². The molecule has 0 aliphatic rings. The minimum Gasteiger partial charge on any atom is -0.353 e. The molecule has 0 saturated carbocycles. The smallest absolute Gasteiger partial charge is 0.243 e. The van der Waals surface area contributed by atoms with E-state index in [1.54, 1.807) is 6.08 Å². The van der Waals surface area contributed by atoms with Crippen LogP contribution in [-0.4, -0.2) is 12.5 Å². The molecule has 0 heterocycles. The summed E-state index contributed by atoms with van der Waals surface area (Å²) in [6.07, 6.45) is 51.1. The van der Waals surface area contributed by atoms with E-state index < -0.39 is 0 Å². The second kappa shape index (κ2) is 38.2. The molecule has 0 radical (unpaired) electrons. The van der Waals surface area contributed by atoms with E-state index in [4.69, 9.17) is 0 Å². The predicted octanol–water partition coefficient (Wildman–Crippen LogP) is 14.0. The molecule has 0 bridgehead atoms. The third kappa shape index (κ3) is 37.2. The van der Waals surface area contributed by atoms with Gasteiger partial charge in [-0.3, -0.25) is 4.79 Å². The summed E-state index contributed by atoms with van der Waals surface area (Å²) in [5, 5.41) is 3.07. The number of amides is 1. The van der Waals surface area contributed by atoms with Gasteiger partial charge in [0, 0.05) is 6.54 Å². The Morgan fingerprint density at radius 3 is 0.952 bits per heavy atom. The monoisotopic (exact) mass is 590 g/mol. The highest BCUT2D eigenvalue weighted by molar-refractivity contribution is 5.87.